The normalized spacial score (nSPS) is 13.6. The van der Waals surface area contributed by atoms with Gasteiger partial charge in [-0.1, -0.05) is 24.8 Å². The molecule has 0 amide bonds. The van der Waals surface area contributed by atoms with Gasteiger partial charge in [-0.2, -0.15) is 0 Å². The van der Waals surface area contributed by atoms with Crippen molar-refractivity contribution in [2.24, 2.45) is 0 Å². The largest absolute Gasteiger partial charge is 0.498 e. The van der Waals surface area contributed by atoms with E-state index < -0.39 is 6.10 Å². The smallest absolute Gasteiger partial charge is 0.131 e. The van der Waals surface area contributed by atoms with Crippen LogP contribution in [0.1, 0.15) is 12.5 Å². The molecule has 0 heterocycles. The Kier molecular flexibility index (Phi) is 4.79. The van der Waals surface area contributed by atoms with Crippen molar-refractivity contribution in [1.29, 1.82) is 0 Å². The molecular weight excluding hydrogens is 216 g/mol. The van der Waals surface area contributed by atoms with E-state index in [1.807, 2.05) is 24.3 Å². The Labute approximate surface area is 102 Å². The van der Waals surface area contributed by atoms with Gasteiger partial charge in [0.25, 0.3) is 0 Å². The molecule has 0 aliphatic carbocycles. The Hall–Kier alpha value is -1.74. The van der Waals surface area contributed by atoms with E-state index in [2.05, 4.69) is 6.58 Å². The topological polar surface area (TPSA) is 38.7 Å². The van der Waals surface area contributed by atoms with E-state index in [1.54, 1.807) is 20.1 Å². The lowest BCUT2D eigenvalue weighted by atomic mass is 10.0. The zero-order valence-corrected chi connectivity index (χ0v) is 10.4. The number of allylic oxidation sites excluding steroid dienone is 2. The van der Waals surface area contributed by atoms with Crippen LogP contribution >= 0.6 is 0 Å². The van der Waals surface area contributed by atoms with Gasteiger partial charge in [-0.05, 0) is 24.6 Å². The monoisotopic (exact) mass is 234 g/mol. The molecule has 1 aromatic rings. The number of aliphatic hydroxyl groups excluding tert-OH is 1. The highest BCUT2D eigenvalue weighted by Crippen LogP contribution is 2.25. The van der Waals surface area contributed by atoms with Gasteiger partial charge < -0.3 is 14.6 Å². The number of benzene rings is 1. The summed E-state index contributed by atoms with van der Waals surface area (Å²) >= 11 is 0. The molecule has 0 radical (unpaired) electrons. The lowest BCUT2D eigenvalue weighted by Crippen LogP contribution is -2.08. The first-order valence-electron chi connectivity index (χ1n) is 5.37. The predicted molar refractivity (Wildman–Crippen MR) is 68.8 cm³/mol. The van der Waals surface area contributed by atoms with E-state index in [-0.39, 0.29) is 0 Å². The maximum atomic E-state index is 9.64. The molecule has 0 saturated heterocycles. The molecule has 1 aromatic carbocycles. The minimum Gasteiger partial charge on any atom is -0.498 e. The van der Waals surface area contributed by atoms with Crippen LogP contribution in [0.5, 0.6) is 5.75 Å². The molecule has 1 N–H and O–H groups in total. The number of hydrogen-bond acceptors (Lipinski definition) is 3. The summed E-state index contributed by atoms with van der Waals surface area (Å²) in [6.45, 7) is 5.41. The van der Waals surface area contributed by atoms with Crippen molar-refractivity contribution in [3.05, 3.63) is 48.2 Å². The highest BCUT2D eigenvalue weighted by molar-refractivity contribution is 5.76. The molecule has 0 fully saturated rings. The Morgan fingerprint density at radius 1 is 1.41 bits per heavy atom. The predicted octanol–water partition coefficient (Wildman–Crippen LogP) is 2.62. The van der Waals surface area contributed by atoms with Crippen LogP contribution in [0.4, 0.5) is 0 Å². The third-order valence-electron chi connectivity index (χ3n) is 2.45. The van der Waals surface area contributed by atoms with Gasteiger partial charge in [-0.15, -0.1) is 0 Å². The third kappa shape index (κ3) is 3.11. The van der Waals surface area contributed by atoms with Crippen LogP contribution in [0, 0.1) is 0 Å². The van der Waals surface area contributed by atoms with E-state index in [4.69, 9.17) is 9.47 Å². The minimum absolute atomic E-state index is 0.494. The van der Waals surface area contributed by atoms with E-state index in [0.717, 1.165) is 16.9 Å². The highest BCUT2D eigenvalue weighted by atomic mass is 16.5. The van der Waals surface area contributed by atoms with Gasteiger partial charge in [-0.3, -0.25) is 0 Å². The van der Waals surface area contributed by atoms with E-state index in [0.29, 0.717) is 5.76 Å². The average molecular weight is 234 g/mol. The first-order valence-corrected chi connectivity index (χ1v) is 5.37. The first-order chi connectivity index (χ1) is 8.13. The Bertz CT molecular complexity index is 419. The molecular formula is C14H18O3. The van der Waals surface area contributed by atoms with Gasteiger partial charge in [0.1, 0.15) is 17.6 Å². The second kappa shape index (κ2) is 6.11. The van der Waals surface area contributed by atoms with Gasteiger partial charge >= 0.3 is 0 Å². The van der Waals surface area contributed by atoms with E-state index in [1.165, 1.54) is 7.11 Å². The van der Waals surface area contributed by atoms with Crippen LogP contribution in [-0.2, 0) is 4.74 Å². The fourth-order valence-corrected chi connectivity index (χ4v) is 1.66. The summed E-state index contributed by atoms with van der Waals surface area (Å²) in [7, 11) is 3.15. The molecule has 1 atom stereocenters. The summed E-state index contributed by atoms with van der Waals surface area (Å²) in [6.07, 6.45) is 0.986. The number of ether oxygens (including phenoxy) is 2. The summed E-state index contributed by atoms with van der Waals surface area (Å²) in [5.74, 6) is 1.25. The molecule has 1 unspecified atom stereocenters. The summed E-state index contributed by atoms with van der Waals surface area (Å²) in [6, 6.07) is 7.53. The maximum absolute atomic E-state index is 9.64. The molecule has 0 saturated carbocycles. The van der Waals surface area contributed by atoms with Gasteiger partial charge in [0.15, 0.2) is 0 Å². The van der Waals surface area contributed by atoms with Crippen LogP contribution in [-0.4, -0.2) is 25.4 Å². The summed E-state index contributed by atoms with van der Waals surface area (Å²) in [5, 5.41) is 9.64. The summed E-state index contributed by atoms with van der Waals surface area (Å²) in [5.41, 5.74) is 1.67. The molecule has 1 rings (SSSR count). The van der Waals surface area contributed by atoms with Crippen molar-refractivity contribution < 1.29 is 14.6 Å². The molecule has 3 heteroatoms. The average Bonchev–Trinajstić information content (AvgIpc) is 2.35. The second-order valence-electron chi connectivity index (χ2n) is 3.59. The molecule has 0 aromatic heterocycles. The van der Waals surface area contributed by atoms with Crippen molar-refractivity contribution in [2.45, 2.75) is 13.0 Å². The number of rotatable bonds is 5. The second-order valence-corrected chi connectivity index (χ2v) is 3.59. The molecule has 3 nitrogen and oxygen atoms in total. The number of aliphatic hydroxyl groups is 1. The quantitative estimate of drug-likeness (QED) is 0.628. The number of methoxy groups -OCH3 is 2. The highest BCUT2D eigenvalue weighted by Gasteiger charge is 2.12. The lowest BCUT2D eigenvalue weighted by Gasteiger charge is -2.14. The van der Waals surface area contributed by atoms with Gasteiger partial charge in [-0.25, -0.2) is 0 Å². The third-order valence-corrected chi connectivity index (χ3v) is 2.45. The fraction of sp³-hybridized carbons (Fsp3) is 0.286. The van der Waals surface area contributed by atoms with E-state index >= 15 is 0 Å². The van der Waals surface area contributed by atoms with Gasteiger partial charge in [0.2, 0.25) is 0 Å². The van der Waals surface area contributed by atoms with Gasteiger partial charge in [0, 0.05) is 5.57 Å². The molecule has 0 aliphatic heterocycles. The molecule has 92 valence electrons. The van der Waals surface area contributed by atoms with Gasteiger partial charge in [0.05, 0.1) is 14.2 Å². The van der Waals surface area contributed by atoms with Crippen molar-refractivity contribution in [3.8, 4) is 5.75 Å². The zero-order chi connectivity index (χ0) is 12.8. The first kappa shape index (κ1) is 13.3. The molecule has 0 spiro atoms. The molecule has 0 bridgehead atoms. The van der Waals surface area contributed by atoms with Crippen LogP contribution in [0.2, 0.25) is 0 Å². The van der Waals surface area contributed by atoms with E-state index in [9.17, 15) is 5.11 Å². The Morgan fingerprint density at radius 3 is 2.59 bits per heavy atom. The summed E-state index contributed by atoms with van der Waals surface area (Å²) < 4.78 is 10.4. The van der Waals surface area contributed by atoms with Crippen LogP contribution in [0.3, 0.4) is 0 Å². The van der Waals surface area contributed by atoms with Crippen molar-refractivity contribution >= 4 is 5.57 Å². The van der Waals surface area contributed by atoms with Crippen LogP contribution in [0.25, 0.3) is 5.57 Å². The molecule has 17 heavy (non-hydrogen) atoms. The summed E-state index contributed by atoms with van der Waals surface area (Å²) in [4.78, 5) is 0. The lowest BCUT2D eigenvalue weighted by molar-refractivity contribution is 0.144. The fourth-order valence-electron chi connectivity index (χ4n) is 1.66. The van der Waals surface area contributed by atoms with Crippen LogP contribution in [0.15, 0.2) is 42.7 Å². The Morgan fingerprint density at radius 2 is 2.12 bits per heavy atom. The number of hydrogen-bond donors (Lipinski definition) is 1. The Balaban J connectivity index is 3.29. The maximum Gasteiger partial charge on any atom is 0.131 e. The van der Waals surface area contributed by atoms with Crippen LogP contribution < -0.4 is 4.74 Å². The van der Waals surface area contributed by atoms with Crippen molar-refractivity contribution in [3.63, 3.8) is 0 Å². The standard InChI is InChI=1S/C14H18O3/c1-5-13(14(17-4)10(2)15)11-7-6-8-12(9-11)16-3/h5-10,15H,1H2,2-4H3/b14-13-. The van der Waals surface area contributed by atoms with Crippen molar-refractivity contribution in [1.82, 2.24) is 0 Å². The SMILES string of the molecule is C=C/C(=C(/OC)C(C)O)c1cccc(OC)c1. The molecule has 0 aliphatic rings. The minimum atomic E-state index is -0.681. The zero-order valence-electron chi connectivity index (χ0n) is 10.4. The van der Waals surface area contributed by atoms with Crippen molar-refractivity contribution in [2.75, 3.05) is 14.2 Å².